The first-order valence-corrected chi connectivity index (χ1v) is 7.82. The van der Waals surface area contributed by atoms with Gasteiger partial charge in [0.1, 0.15) is 5.75 Å². The van der Waals surface area contributed by atoms with Crippen LogP contribution in [0.1, 0.15) is 48.6 Å². The summed E-state index contributed by atoms with van der Waals surface area (Å²) in [5, 5.41) is 13.3. The lowest BCUT2D eigenvalue weighted by Gasteiger charge is -2.21. The van der Waals surface area contributed by atoms with Crippen LogP contribution in [0.5, 0.6) is 5.75 Å². The van der Waals surface area contributed by atoms with Crippen LogP contribution in [0.15, 0.2) is 30.3 Å². The van der Waals surface area contributed by atoms with Crippen LogP contribution in [-0.2, 0) is 11.8 Å². The van der Waals surface area contributed by atoms with E-state index in [1.807, 2.05) is 19.2 Å². The fourth-order valence-electron chi connectivity index (χ4n) is 2.91. The largest absolute Gasteiger partial charge is 0.508 e. The minimum absolute atomic E-state index is 0.0554. The van der Waals surface area contributed by atoms with Crippen molar-refractivity contribution in [3.05, 3.63) is 58.1 Å². The Morgan fingerprint density at radius 1 is 1.00 bits per heavy atom. The molecule has 22 heavy (non-hydrogen) atoms. The highest BCUT2D eigenvalue weighted by Gasteiger charge is 2.18. The zero-order valence-corrected chi connectivity index (χ0v) is 14.5. The van der Waals surface area contributed by atoms with E-state index in [0.29, 0.717) is 5.75 Å². The third-order valence-electron chi connectivity index (χ3n) is 4.23. The summed E-state index contributed by atoms with van der Waals surface area (Å²) in [7, 11) is 1.95. The van der Waals surface area contributed by atoms with Gasteiger partial charge in [-0.1, -0.05) is 32.9 Å². The van der Waals surface area contributed by atoms with E-state index in [2.05, 4.69) is 58.1 Å². The van der Waals surface area contributed by atoms with Gasteiger partial charge in [0.2, 0.25) is 0 Å². The molecule has 0 bridgehead atoms. The van der Waals surface area contributed by atoms with Crippen LogP contribution in [0.3, 0.4) is 0 Å². The van der Waals surface area contributed by atoms with Crippen molar-refractivity contribution in [2.24, 2.45) is 0 Å². The monoisotopic (exact) mass is 297 g/mol. The second-order valence-electron chi connectivity index (χ2n) is 7.12. The summed E-state index contributed by atoms with van der Waals surface area (Å²) < 4.78 is 0. The molecule has 2 aromatic rings. The number of benzene rings is 2. The Labute approximate surface area is 134 Å². The van der Waals surface area contributed by atoms with Gasteiger partial charge in [-0.2, -0.15) is 0 Å². The molecule has 0 radical (unpaired) electrons. The van der Waals surface area contributed by atoms with E-state index in [1.165, 1.54) is 22.3 Å². The summed E-state index contributed by atoms with van der Waals surface area (Å²) in [5.74, 6) is 0.384. The normalized spacial score (nSPS) is 11.5. The number of aryl methyl sites for hydroxylation is 2. The third-order valence-corrected chi connectivity index (χ3v) is 4.23. The maximum Gasteiger partial charge on any atom is 0.119 e. The van der Waals surface area contributed by atoms with Crippen molar-refractivity contribution < 1.29 is 5.11 Å². The highest BCUT2D eigenvalue weighted by Crippen LogP contribution is 2.32. The van der Waals surface area contributed by atoms with Gasteiger partial charge in [-0.05, 0) is 71.7 Å². The van der Waals surface area contributed by atoms with Crippen molar-refractivity contribution in [2.75, 3.05) is 12.4 Å². The molecule has 0 unspecified atom stereocenters. The summed E-state index contributed by atoms with van der Waals surface area (Å²) in [5.41, 5.74) is 7.31. The molecule has 0 amide bonds. The summed E-state index contributed by atoms with van der Waals surface area (Å²) in [6, 6.07) is 10.4. The Hall–Kier alpha value is -1.96. The van der Waals surface area contributed by atoms with Gasteiger partial charge >= 0.3 is 0 Å². The maximum absolute atomic E-state index is 10.1. The number of hydrogen-bond donors (Lipinski definition) is 2. The van der Waals surface area contributed by atoms with Crippen LogP contribution in [0.4, 0.5) is 5.69 Å². The average molecular weight is 297 g/mol. The Kier molecular flexibility index (Phi) is 4.50. The summed E-state index contributed by atoms with van der Waals surface area (Å²) in [6.07, 6.45) is 0.894. The van der Waals surface area contributed by atoms with E-state index in [0.717, 1.165) is 17.7 Å². The molecule has 2 heteroatoms. The first-order chi connectivity index (χ1) is 10.2. The third kappa shape index (κ3) is 3.44. The fourth-order valence-corrected chi connectivity index (χ4v) is 2.91. The smallest absolute Gasteiger partial charge is 0.119 e. The number of phenols is 1. The van der Waals surface area contributed by atoms with Gasteiger partial charge in [-0.25, -0.2) is 0 Å². The molecule has 0 aromatic heterocycles. The number of anilines is 1. The van der Waals surface area contributed by atoms with Crippen molar-refractivity contribution in [2.45, 2.75) is 46.5 Å². The van der Waals surface area contributed by atoms with Crippen molar-refractivity contribution in [3.8, 4) is 5.75 Å². The molecule has 0 fully saturated rings. The van der Waals surface area contributed by atoms with Gasteiger partial charge in [0.25, 0.3) is 0 Å². The van der Waals surface area contributed by atoms with Gasteiger partial charge in [0.15, 0.2) is 0 Å². The second-order valence-corrected chi connectivity index (χ2v) is 7.12. The Morgan fingerprint density at radius 3 is 2.09 bits per heavy atom. The average Bonchev–Trinajstić information content (AvgIpc) is 2.43. The molecule has 0 aliphatic heterocycles. The van der Waals surface area contributed by atoms with Crippen molar-refractivity contribution in [1.29, 1.82) is 0 Å². The zero-order chi connectivity index (χ0) is 16.5. The lowest BCUT2D eigenvalue weighted by molar-refractivity contribution is 0.446. The van der Waals surface area contributed by atoms with E-state index in [9.17, 15) is 5.11 Å². The van der Waals surface area contributed by atoms with E-state index >= 15 is 0 Å². The van der Waals surface area contributed by atoms with Crippen molar-refractivity contribution in [1.82, 2.24) is 0 Å². The summed E-state index contributed by atoms with van der Waals surface area (Å²) >= 11 is 0. The van der Waals surface area contributed by atoms with Crippen LogP contribution < -0.4 is 5.32 Å². The molecule has 0 saturated heterocycles. The van der Waals surface area contributed by atoms with Gasteiger partial charge < -0.3 is 10.4 Å². The summed E-state index contributed by atoms with van der Waals surface area (Å²) in [6.45, 7) is 10.7. The quantitative estimate of drug-likeness (QED) is 0.841. The molecule has 2 aromatic carbocycles. The Balaban J connectivity index is 2.40. The molecule has 0 saturated carbocycles. The zero-order valence-electron chi connectivity index (χ0n) is 14.5. The highest BCUT2D eigenvalue weighted by molar-refractivity contribution is 5.53. The van der Waals surface area contributed by atoms with Crippen molar-refractivity contribution >= 4 is 5.69 Å². The topological polar surface area (TPSA) is 32.3 Å². The van der Waals surface area contributed by atoms with Gasteiger partial charge in [0, 0.05) is 12.7 Å². The van der Waals surface area contributed by atoms with E-state index < -0.39 is 0 Å². The standard InChI is InChI=1S/C20H27NO/c1-13-9-16(21-6)10-14(2)17(13)11-15-7-8-19(22)18(12-15)20(3,4)5/h7-10,12,21-22H,11H2,1-6H3. The molecule has 0 spiro atoms. The minimum atomic E-state index is -0.0554. The van der Waals surface area contributed by atoms with E-state index in [1.54, 1.807) is 0 Å². The van der Waals surface area contributed by atoms with Crippen molar-refractivity contribution in [3.63, 3.8) is 0 Å². The molecule has 2 rings (SSSR count). The van der Waals surface area contributed by atoms with Crippen LogP contribution in [0.2, 0.25) is 0 Å². The number of phenolic OH excluding ortho intramolecular Hbond substituents is 1. The molecule has 0 aliphatic rings. The fraction of sp³-hybridized carbons (Fsp3) is 0.400. The number of rotatable bonds is 3. The molecule has 0 heterocycles. The number of hydrogen-bond acceptors (Lipinski definition) is 2. The van der Waals surface area contributed by atoms with Crippen LogP contribution in [0, 0.1) is 13.8 Å². The predicted molar refractivity (Wildman–Crippen MR) is 95.1 cm³/mol. The minimum Gasteiger partial charge on any atom is -0.508 e. The lowest BCUT2D eigenvalue weighted by atomic mass is 9.84. The number of aromatic hydroxyl groups is 1. The second kappa shape index (κ2) is 6.04. The van der Waals surface area contributed by atoms with Gasteiger partial charge in [0.05, 0.1) is 0 Å². The van der Waals surface area contributed by atoms with Crippen LogP contribution >= 0.6 is 0 Å². The molecular formula is C20H27NO. The lowest BCUT2D eigenvalue weighted by Crippen LogP contribution is -2.12. The molecule has 118 valence electrons. The van der Waals surface area contributed by atoms with E-state index in [-0.39, 0.29) is 5.41 Å². The predicted octanol–water partition coefficient (Wildman–Crippen LogP) is 4.94. The number of nitrogens with one attached hydrogen (secondary N) is 1. The maximum atomic E-state index is 10.1. The first kappa shape index (κ1) is 16.4. The molecule has 0 aliphatic carbocycles. The highest BCUT2D eigenvalue weighted by atomic mass is 16.3. The van der Waals surface area contributed by atoms with Gasteiger partial charge in [-0.15, -0.1) is 0 Å². The Morgan fingerprint density at radius 2 is 1.59 bits per heavy atom. The van der Waals surface area contributed by atoms with Crippen LogP contribution in [-0.4, -0.2) is 12.2 Å². The van der Waals surface area contributed by atoms with Gasteiger partial charge in [-0.3, -0.25) is 0 Å². The molecular weight excluding hydrogens is 270 g/mol. The first-order valence-electron chi connectivity index (χ1n) is 7.82. The molecule has 2 nitrogen and oxygen atoms in total. The molecule has 2 N–H and O–H groups in total. The van der Waals surface area contributed by atoms with Crippen LogP contribution in [0.25, 0.3) is 0 Å². The Bertz CT molecular complexity index is 658. The summed E-state index contributed by atoms with van der Waals surface area (Å²) in [4.78, 5) is 0. The molecule has 0 atom stereocenters. The SMILES string of the molecule is CNc1cc(C)c(Cc2ccc(O)c(C(C)(C)C)c2)c(C)c1. The van der Waals surface area contributed by atoms with E-state index in [4.69, 9.17) is 0 Å².